The molecule has 2 aromatic rings. The van der Waals surface area contributed by atoms with Crippen LogP contribution in [0.2, 0.25) is 0 Å². The van der Waals surface area contributed by atoms with Crippen LogP contribution in [-0.2, 0) is 6.54 Å². The summed E-state index contributed by atoms with van der Waals surface area (Å²) in [6.45, 7) is 4.03. The minimum atomic E-state index is 0.784. The average molecular weight is 336 g/mol. The second kappa shape index (κ2) is 4.95. The highest BCUT2D eigenvalue weighted by atomic mass is 79.9. The predicted molar refractivity (Wildman–Crippen MR) is 83.6 cm³/mol. The highest BCUT2D eigenvalue weighted by Crippen LogP contribution is 2.35. The highest BCUT2D eigenvalue weighted by Gasteiger charge is 2.23. The SMILES string of the molecule is Brc1cc2c3c(c1)nc(N1CCCCC1)n3CCCO2. The number of anilines is 1. The second-order valence-corrected chi connectivity index (χ2v) is 6.50. The Morgan fingerprint density at radius 3 is 2.75 bits per heavy atom. The first-order valence-corrected chi connectivity index (χ1v) is 8.20. The third-order valence-electron chi connectivity index (χ3n) is 4.17. The molecule has 1 aromatic carbocycles. The van der Waals surface area contributed by atoms with Crippen molar-refractivity contribution in [1.82, 2.24) is 9.55 Å². The Balaban J connectivity index is 1.90. The number of rotatable bonds is 1. The van der Waals surface area contributed by atoms with Gasteiger partial charge < -0.3 is 14.2 Å². The van der Waals surface area contributed by atoms with Crippen molar-refractivity contribution in [2.75, 3.05) is 24.6 Å². The molecule has 4 rings (SSSR count). The van der Waals surface area contributed by atoms with Crippen molar-refractivity contribution in [3.63, 3.8) is 0 Å². The summed E-state index contributed by atoms with van der Waals surface area (Å²) >= 11 is 3.56. The Morgan fingerprint density at radius 2 is 1.90 bits per heavy atom. The number of hydrogen-bond acceptors (Lipinski definition) is 3. The third-order valence-corrected chi connectivity index (χ3v) is 4.63. The van der Waals surface area contributed by atoms with E-state index >= 15 is 0 Å². The Morgan fingerprint density at radius 1 is 1.05 bits per heavy atom. The van der Waals surface area contributed by atoms with E-state index in [2.05, 4.69) is 37.5 Å². The number of aromatic nitrogens is 2. The molecule has 0 radical (unpaired) electrons. The van der Waals surface area contributed by atoms with Gasteiger partial charge in [0.2, 0.25) is 5.95 Å². The van der Waals surface area contributed by atoms with E-state index in [-0.39, 0.29) is 0 Å². The molecule has 0 amide bonds. The van der Waals surface area contributed by atoms with E-state index in [1.54, 1.807) is 0 Å². The lowest BCUT2D eigenvalue weighted by atomic mass is 10.1. The molecule has 2 aliphatic rings. The van der Waals surface area contributed by atoms with E-state index in [9.17, 15) is 0 Å². The van der Waals surface area contributed by atoms with Crippen LogP contribution in [0.15, 0.2) is 16.6 Å². The molecule has 106 valence electrons. The van der Waals surface area contributed by atoms with Gasteiger partial charge in [-0.05, 0) is 37.8 Å². The maximum absolute atomic E-state index is 5.89. The van der Waals surface area contributed by atoms with Crippen LogP contribution in [0.25, 0.3) is 11.0 Å². The van der Waals surface area contributed by atoms with Gasteiger partial charge in [-0.15, -0.1) is 0 Å². The fourth-order valence-corrected chi connectivity index (χ4v) is 3.67. The zero-order valence-electron chi connectivity index (χ0n) is 11.4. The number of halogens is 1. The van der Waals surface area contributed by atoms with E-state index < -0.39 is 0 Å². The first kappa shape index (κ1) is 12.5. The monoisotopic (exact) mass is 335 g/mol. The average Bonchev–Trinajstić information content (AvgIpc) is 2.68. The van der Waals surface area contributed by atoms with Crippen LogP contribution >= 0.6 is 15.9 Å². The van der Waals surface area contributed by atoms with Gasteiger partial charge in [0, 0.05) is 24.1 Å². The summed E-state index contributed by atoms with van der Waals surface area (Å²) in [5.74, 6) is 2.09. The standard InChI is InChI=1S/C15H18BrN3O/c16-11-9-12-14-13(10-11)20-8-4-7-19(14)15(17-12)18-5-2-1-3-6-18/h9-10H,1-8H2. The Hall–Kier alpha value is -1.23. The molecule has 0 atom stereocenters. The van der Waals surface area contributed by atoms with Crippen LogP contribution in [0, 0.1) is 0 Å². The Bertz CT molecular complexity index is 646. The first-order valence-electron chi connectivity index (χ1n) is 7.40. The summed E-state index contributed by atoms with van der Waals surface area (Å²) in [6.07, 6.45) is 4.93. The molecule has 0 spiro atoms. The molecular formula is C15H18BrN3O. The molecule has 1 aromatic heterocycles. The van der Waals surface area contributed by atoms with E-state index in [4.69, 9.17) is 9.72 Å². The van der Waals surface area contributed by atoms with Gasteiger partial charge >= 0.3 is 0 Å². The van der Waals surface area contributed by atoms with Crippen LogP contribution < -0.4 is 9.64 Å². The van der Waals surface area contributed by atoms with E-state index in [0.717, 1.165) is 59.9 Å². The fourth-order valence-electron chi connectivity index (χ4n) is 3.25. The highest BCUT2D eigenvalue weighted by molar-refractivity contribution is 9.10. The van der Waals surface area contributed by atoms with Gasteiger partial charge in [-0.3, -0.25) is 0 Å². The fraction of sp³-hybridized carbons (Fsp3) is 0.533. The molecule has 4 nitrogen and oxygen atoms in total. The van der Waals surface area contributed by atoms with Crippen LogP contribution in [0.3, 0.4) is 0 Å². The lowest BCUT2D eigenvalue weighted by molar-refractivity contribution is 0.315. The number of aryl methyl sites for hydroxylation is 1. The van der Waals surface area contributed by atoms with Crippen LogP contribution in [0.1, 0.15) is 25.7 Å². The summed E-state index contributed by atoms with van der Waals surface area (Å²) in [5.41, 5.74) is 2.20. The molecule has 0 unspecified atom stereocenters. The predicted octanol–water partition coefficient (Wildman–Crippen LogP) is 3.57. The summed E-state index contributed by atoms with van der Waals surface area (Å²) in [5, 5.41) is 0. The van der Waals surface area contributed by atoms with Crippen molar-refractivity contribution >= 4 is 32.9 Å². The molecular weight excluding hydrogens is 318 g/mol. The Kier molecular flexibility index (Phi) is 3.10. The number of hydrogen-bond donors (Lipinski definition) is 0. The normalized spacial score (nSPS) is 18.9. The molecule has 2 aliphatic heterocycles. The molecule has 0 bridgehead atoms. The zero-order chi connectivity index (χ0) is 13.5. The van der Waals surface area contributed by atoms with Crippen molar-refractivity contribution in [3.05, 3.63) is 16.6 Å². The first-order chi connectivity index (χ1) is 9.83. The quantitative estimate of drug-likeness (QED) is 0.798. The number of piperidine rings is 1. The largest absolute Gasteiger partial charge is 0.491 e. The topological polar surface area (TPSA) is 30.3 Å². The summed E-state index contributed by atoms with van der Waals surface area (Å²) in [7, 11) is 0. The molecule has 0 saturated carbocycles. The van der Waals surface area contributed by atoms with Crippen molar-refractivity contribution in [1.29, 1.82) is 0 Å². The maximum Gasteiger partial charge on any atom is 0.206 e. The number of nitrogens with zero attached hydrogens (tertiary/aromatic N) is 3. The van der Waals surface area contributed by atoms with E-state index in [1.807, 2.05) is 0 Å². The molecule has 3 heterocycles. The molecule has 1 saturated heterocycles. The van der Waals surface area contributed by atoms with Gasteiger partial charge in [0.05, 0.1) is 12.1 Å². The third kappa shape index (κ3) is 1.99. The molecule has 1 fully saturated rings. The van der Waals surface area contributed by atoms with Crippen molar-refractivity contribution < 1.29 is 4.74 Å². The molecule has 0 aliphatic carbocycles. The lowest BCUT2D eigenvalue weighted by Gasteiger charge is -2.28. The van der Waals surface area contributed by atoms with Crippen molar-refractivity contribution in [2.45, 2.75) is 32.2 Å². The summed E-state index contributed by atoms with van der Waals surface area (Å²) < 4.78 is 9.29. The lowest BCUT2D eigenvalue weighted by Crippen LogP contribution is -2.31. The van der Waals surface area contributed by atoms with E-state index in [0.29, 0.717) is 0 Å². The van der Waals surface area contributed by atoms with Gasteiger partial charge in [0.1, 0.15) is 11.3 Å². The number of imidazole rings is 1. The molecule has 5 heteroatoms. The second-order valence-electron chi connectivity index (χ2n) is 5.58. The maximum atomic E-state index is 5.89. The summed E-state index contributed by atoms with van der Waals surface area (Å²) in [6, 6.07) is 4.16. The van der Waals surface area contributed by atoms with Gasteiger partial charge in [-0.1, -0.05) is 15.9 Å². The minimum Gasteiger partial charge on any atom is -0.491 e. The number of ether oxygens (including phenoxy) is 1. The summed E-state index contributed by atoms with van der Waals surface area (Å²) in [4.78, 5) is 7.33. The van der Waals surface area contributed by atoms with Crippen molar-refractivity contribution in [2.24, 2.45) is 0 Å². The smallest absolute Gasteiger partial charge is 0.206 e. The zero-order valence-corrected chi connectivity index (χ0v) is 13.0. The van der Waals surface area contributed by atoms with Crippen molar-refractivity contribution in [3.8, 4) is 5.75 Å². The van der Waals surface area contributed by atoms with Crippen LogP contribution in [0.4, 0.5) is 5.95 Å². The van der Waals surface area contributed by atoms with E-state index in [1.165, 1.54) is 19.3 Å². The van der Waals surface area contributed by atoms with Gasteiger partial charge in [0.25, 0.3) is 0 Å². The van der Waals surface area contributed by atoms with Crippen LogP contribution in [-0.4, -0.2) is 29.2 Å². The minimum absolute atomic E-state index is 0.784. The van der Waals surface area contributed by atoms with Crippen LogP contribution in [0.5, 0.6) is 5.75 Å². The molecule has 0 N–H and O–H groups in total. The Labute approximate surface area is 126 Å². The van der Waals surface area contributed by atoms with Gasteiger partial charge in [0.15, 0.2) is 0 Å². The van der Waals surface area contributed by atoms with Gasteiger partial charge in [-0.25, -0.2) is 4.98 Å². The number of benzene rings is 1. The van der Waals surface area contributed by atoms with Gasteiger partial charge in [-0.2, -0.15) is 0 Å². The molecule has 20 heavy (non-hydrogen) atoms.